The lowest BCUT2D eigenvalue weighted by atomic mass is 10.0. The van der Waals surface area contributed by atoms with Crippen molar-refractivity contribution >= 4 is 16.7 Å². The molecule has 1 aromatic heterocycles. The first-order valence-corrected chi connectivity index (χ1v) is 9.70. The van der Waals surface area contributed by atoms with Crippen molar-refractivity contribution in [3.63, 3.8) is 0 Å². The third-order valence-electron chi connectivity index (χ3n) is 5.17. The first-order valence-electron chi connectivity index (χ1n) is 9.70. The molecule has 1 aliphatic heterocycles. The predicted octanol–water partition coefficient (Wildman–Crippen LogP) is 0.182. The Balaban J connectivity index is 1.41. The molecule has 2 heterocycles. The van der Waals surface area contributed by atoms with E-state index in [1.54, 1.807) is 0 Å². The predicted molar refractivity (Wildman–Crippen MR) is 112 cm³/mol. The number of benzene rings is 2. The third-order valence-corrected chi connectivity index (χ3v) is 5.17. The van der Waals surface area contributed by atoms with E-state index >= 15 is 0 Å². The van der Waals surface area contributed by atoms with E-state index in [4.69, 9.17) is 4.74 Å². The molecule has 1 saturated heterocycles. The highest BCUT2D eigenvalue weighted by Gasteiger charge is 2.42. The maximum atomic E-state index is 12.2. The highest BCUT2D eigenvalue weighted by molar-refractivity contribution is 5.89. The van der Waals surface area contributed by atoms with Gasteiger partial charge in [0.25, 0.3) is 5.56 Å². The zero-order valence-electron chi connectivity index (χ0n) is 16.3. The molecule has 0 radical (unpaired) electrons. The van der Waals surface area contributed by atoms with Crippen LogP contribution >= 0.6 is 0 Å². The Morgan fingerprint density at radius 2 is 1.87 bits per heavy atom. The third kappa shape index (κ3) is 4.33. The van der Waals surface area contributed by atoms with Gasteiger partial charge in [-0.2, -0.15) is 0 Å². The van der Waals surface area contributed by atoms with Crippen LogP contribution in [0.5, 0.6) is 0 Å². The van der Waals surface area contributed by atoms with E-state index in [-0.39, 0.29) is 0 Å². The molecule has 0 unspecified atom stereocenters. The Morgan fingerprint density at radius 1 is 1.10 bits per heavy atom. The molecule has 1 aliphatic rings. The molecule has 0 bridgehead atoms. The van der Waals surface area contributed by atoms with Gasteiger partial charge in [0.1, 0.15) is 18.3 Å². The molecule has 0 saturated carbocycles. The number of hydrogen-bond acceptors (Lipinski definition) is 6. The van der Waals surface area contributed by atoms with Crippen molar-refractivity contribution in [2.75, 3.05) is 0 Å². The van der Waals surface area contributed by atoms with Crippen molar-refractivity contribution in [2.24, 2.45) is 0 Å². The molecule has 160 valence electrons. The van der Waals surface area contributed by atoms with Gasteiger partial charge in [0, 0.05) is 24.9 Å². The molecule has 4 N–H and O–H groups in total. The molecule has 2 aromatic carbocycles. The second kappa shape index (κ2) is 8.68. The number of aromatic amines is 1. The second-order valence-corrected chi connectivity index (χ2v) is 7.21. The molecule has 0 aliphatic carbocycles. The van der Waals surface area contributed by atoms with Gasteiger partial charge in [-0.15, -0.1) is 0 Å². The number of aromatic nitrogens is 2. The lowest BCUT2D eigenvalue weighted by Gasteiger charge is -2.16. The standard InChI is InChI=1S/C22H21N3O6/c26-17(23-12-14-6-3-5-13-4-1-2-7-15(13)14)9-8-16-19(28)20(29)21(31-16)25-11-10-18(27)24-22(25)30/h1-11,16,19-21,28-29H,12H2,(H,23,26)(H,24,27,30)/b9-8+/t16-,19-,20-,21-/m1/s1. The maximum absolute atomic E-state index is 12.2. The highest BCUT2D eigenvalue weighted by atomic mass is 16.6. The number of nitrogens with zero attached hydrogens (tertiary/aromatic N) is 1. The SMILES string of the molecule is O=C(/C=C/[C@H]1O[C@@H](n2ccc(=O)[nH]c2=O)[C@H](O)[C@@H]1O)NCc1cccc2ccccc12. The second-order valence-electron chi connectivity index (χ2n) is 7.21. The summed E-state index contributed by atoms with van der Waals surface area (Å²) in [7, 11) is 0. The largest absolute Gasteiger partial charge is 0.387 e. The number of H-pyrrole nitrogens is 1. The van der Waals surface area contributed by atoms with E-state index in [0.717, 1.165) is 27.0 Å². The first-order chi connectivity index (χ1) is 14.9. The van der Waals surface area contributed by atoms with E-state index in [1.165, 1.54) is 18.3 Å². The summed E-state index contributed by atoms with van der Waals surface area (Å²) in [5.74, 6) is -0.400. The summed E-state index contributed by atoms with van der Waals surface area (Å²) in [6, 6.07) is 14.8. The minimum atomic E-state index is -1.42. The molecule has 1 amide bonds. The van der Waals surface area contributed by atoms with E-state index in [1.807, 2.05) is 42.5 Å². The lowest BCUT2D eigenvalue weighted by molar-refractivity contribution is -0.116. The molecular weight excluding hydrogens is 402 g/mol. The van der Waals surface area contributed by atoms with Gasteiger partial charge in [0.2, 0.25) is 5.91 Å². The van der Waals surface area contributed by atoms with Crippen LogP contribution in [0.3, 0.4) is 0 Å². The highest BCUT2D eigenvalue weighted by Crippen LogP contribution is 2.28. The quantitative estimate of drug-likeness (QED) is 0.433. The van der Waals surface area contributed by atoms with Crippen LogP contribution in [0.1, 0.15) is 11.8 Å². The van der Waals surface area contributed by atoms with Crippen molar-refractivity contribution in [2.45, 2.75) is 31.1 Å². The fourth-order valence-electron chi connectivity index (χ4n) is 3.57. The molecule has 1 fully saturated rings. The first kappa shape index (κ1) is 20.7. The average Bonchev–Trinajstić information content (AvgIpc) is 3.04. The van der Waals surface area contributed by atoms with Crippen LogP contribution in [0.2, 0.25) is 0 Å². The van der Waals surface area contributed by atoms with Gasteiger partial charge in [0.05, 0.1) is 0 Å². The number of amides is 1. The monoisotopic (exact) mass is 423 g/mol. The average molecular weight is 423 g/mol. The van der Waals surface area contributed by atoms with Crippen LogP contribution in [0.25, 0.3) is 10.8 Å². The Morgan fingerprint density at radius 3 is 2.68 bits per heavy atom. The Bertz CT molecular complexity index is 1240. The van der Waals surface area contributed by atoms with Gasteiger partial charge in [-0.05, 0) is 22.4 Å². The number of rotatable bonds is 5. The van der Waals surface area contributed by atoms with E-state index in [9.17, 15) is 24.6 Å². The van der Waals surface area contributed by atoms with Crippen molar-refractivity contribution in [3.8, 4) is 0 Å². The lowest BCUT2D eigenvalue weighted by Crippen LogP contribution is -2.37. The summed E-state index contributed by atoms with van der Waals surface area (Å²) in [4.78, 5) is 37.4. The van der Waals surface area contributed by atoms with Gasteiger partial charge in [-0.3, -0.25) is 19.1 Å². The molecule has 3 aromatic rings. The molecule has 31 heavy (non-hydrogen) atoms. The van der Waals surface area contributed by atoms with E-state index in [0.29, 0.717) is 6.54 Å². The molecule has 4 atom stereocenters. The van der Waals surface area contributed by atoms with Crippen LogP contribution in [0.15, 0.2) is 76.5 Å². The van der Waals surface area contributed by atoms with Gasteiger partial charge >= 0.3 is 5.69 Å². The van der Waals surface area contributed by atoms with E-state index < -0.39 is 41.7 Å². The molecule has 9 nitrogen and oxygen atoms in total. The number of ether oxygens (including phenoxy) is 1. The number of aliphatic hydroxyl groups excluding tert-OH is 2. The Kier molecular flexibility index (Phi) is 5.81. The van der Waals surface area contributed by atoms with Gasteiger partial charge < -0.3 is 20.3 Å². The summed E-state index contributed by atoms with van der Waals surface area (Å²) in [5, 5.41) is 25.4. The topological polar surface area (TPSA) is 134 Å². The Labute approximate surface area is 176 Å². The van der Waals surface area contributed by atoms with Gasteiger partial charge in [-0.1, -0.05) is 42.5 Å². The van der Waals surface area contributed by atoms with Crippen molar-refractivity contribution in [1.29, 1.82) is 0 Å². The number of aliphatic hydroxyl groups is 2. The van der Waals surface area contributed by atoms with Crippen LogP contribution in [0, 0.1) is 0 Å². The summed E-state index contributed by atoms with van der Waals surface area (Å²) in [5.41, 5.74) is -0.403. The smallest absolute Gasteiger partial charge is 0.330 e. The molecule has 0 spiro atoms. The van der Waals surface area contributed by atoms with Crippen LogP contribution in [-0.2, 0) is 16.1 Å². The fourth-order valence-corrected chi connectivity index (χ4v) is 3.57. The van der Waals surface area contributed by atoms with E-state index in [2.05, 4.69) is 10.3 Å². The fraction of sp³-hybridized carbons (Fsp3) is 0.227. The summed E-state index contributed by atoms with van der Waals surface area (Å²) in [6.45, 7) is 0.316. The number of nitrogens with one attached hydrogen (secondary N) is 2. The number of carbonyl (C=O) groups excluding carboxylic acids is 1. The number of carbonyl (C=O) groups is 1. The number of hydrogen-bond donors (Lipinski definition) is 4. The van der Waals surface area contributed by atoms with Crippen LogP contribution in [0.4, 0.5) is 0 Å². The summed E-state index contributed by atoms with van der Waals surface area (Å²) < 4.78 is 6.51. The minimum absolute atomic E-state index is 0.316. The zero-order valence-corrected chi connectivity index (χ0v) is 16.3. The van der Waals surface area contributed by atoms with Crippen molar-refractivity contribution < 1.29 is 19.7 Å². The van der Waals surface area contributed by atoms with Crippen LogP contribution < -0.4 is 16.6 Å². The maximum Gasteiger partial charge on any atom is 0.330 e. The normalized spacial score (nSPS) is 23.4. The molecular formula is C22H21N3O6. The molecule has 9 heteroatoms. The molecule has 4 rings (SSSR count). The minimum Gasteiger partial charge on any atom is -0.387 e. The van der Waals surface area contributed by atoms with Gasteiger partial charge in [0.15, 0.2) is 6.23 Å². The summed E-state index contributed by atoms with van der Waals surface area (Å²) in [6.07, 6.45) is -1.28. The van der Waals surface area contributed by atoms with Gasteiger partial charge in [-0.25, -0.2) is 4.79 Å². The Hall–Kier alpha value is -3.53. The zero-order chi connectivity index (χ0) is 22.0. The summed E-state index contributed by atoms with van der Waals surface area (Å²) >= 11 is 0. The van der Waals surface area contributed by atoms with Crippen molar-refractivity contribution in [3.05, 3.63) is 93.3 Å². The van der Waals surface area contributed by atoms with Crippen LogP contribution in [-0.4, -0.2) is 44.0 Å². The van der Waals surface area contributed by atoms with Crippen molar-refractivity contribution in [1.82, 2.24) is 14.9 Å². The number of fused-ring (bicyclic) bond motifs is 1.